The van der Waals surface area contributed by atoms with Crippen LogP contribution >= 0.6 is 0 Å². The molecule has 6 heteroatoms. The minimum atomic E-state index is -0.333. The molecule has 1 saturated carbocycles. The number of hydrogen-bond acceptors (Lipinski definition) is 4. The van der Waals surface area contributed by atoms with Gasteiger partial charge in [-0.25, -0.2) is 9.97 Å². The summed E-state index contributed by atoms with van der Waals surface area (Å²) in [6.07, 6.45) is 6.29. The maximum Gasteiger partial charge on any atom is 0.257 e. The van der Waals surface area contributed by atoms with E-state index in [-0.39, 0.29) is 17.2 Å². The van der Waals surface area contributed by atoms with E-state index in [0.29, 0.717) is 31.7 Å². The molecule has 2 aliphatic rings. The van der Waals surface area contributed by atoms with E-state index in [1.807, 2.05) is 35.2 Å². The molecular formula is C19H20N4O2. The van der Waals surface area contributed by atoms with E-state index in [2.05, 4.69) is 9.97 Å². The first-order valence-electron chi connectivity index (χ1n) is 8.60. The van der Waals surface area contributed by atoms with Gasteiger partial charge in [0.05, 0.1) is 11.0 Å². The van der Waals surface area contributed by atoms with Crippen LogP contribution < -0.4 is 0 Å². The van der Waals surface area contributed by atoms with Gasteiger partial charge in [-0.2, -0.15) is 0 Å². The highest BCUT2D eigenvalue weighted by Crippen LogP contribution is 2.49. The highest BCUT2D eigenvalue weighted by atomic mass is 16.2. The van der Waals surface area contributed by atoms with Gasteiger partial charge >= 0.3 is 0 Å². The molecule has 25 heavy (non-hydrogen) atoms. The molecule has 4 rings (SSSR count). The molecule has 0 bridgehead atoms. The fourth-order valence-corrected chi connectivity index (χ4v) is 3.52. The summed E-state index contributed by atoms with van der Waals surface area (Å²) in [6, 6.07) is 10.0. The molecule has 2 aromatic rings. The van der Waals surface area contributed by atoms with Crippen LogP contribution in [0.15, 0.2) is 49.1 Å². The molecule has 2 fully saturated rings. The number of carbonyl (C=O) groups excluding carboxylic acids is 2. The van der Waals surface area contributed by atoms with Crippen molar-refractivity contribution in [2.75, 3.05) is 26.2 Å². The Morgan fingerprint density at radius 2 is 1.48 bits per heavy atom. The van der Waals surface area contributed by atoms with Crippen molar-refractivity contribution in [1.29, 1.82) is 0 Å². The summed E-state index contributed by atoms with van der Waals surface area (Å²) in [5.74, 6) is 0.130. The zero-order valence-electron chi connectivity index (χ0n) is 14.0. The van der Waals surface area contributed by atoms with Crippen LogP contribution in [0.5, 0.6) is 0 Å². The predicted molar refractivity (Wildman–Crippen MR) is 91.9 cm³/mol. The Labute approximate surface area is 146 Å². The molecule has 128 valence electrons. The molecular weight excluding hydrogens is 316 g/mol. The normalized spacial score (nSPS) is 18.7. The second-order valence-corrected chi connectivity index (χ2v) is 6.66. The summed E-state index contributed by atoms with van der Waals surface area (Å²) < 4.78 is 0. The van der Waals surface area contributed by atoms with Crippen molar-refractivity contribution in [3.8, 4) is 0 Å². The minimum absolute atomic E-state index is 0.0723. The Kier molecular flexibility index (Phi) is 3.95. The molecule has 0 N–H and O–H groups in total. The number of piperazine rings is 1. The Morgan fingerprint density at radius 3 is 2.08 bits per heavy atom. The molecule has 1 aliphatic heterocycles. The van der Waals surface area contributed by atoms with Crippen molar-refractivity contribution in [3.05, 3.63) is 60.2 Å². The highest BCUT2D eigenvalue weighted by molar-refractivity contribution is 5.94. The second-order valence-electron chi connectivity index (χ2n) is 6.66. The second kappa shape index (κ2) is 6.27. The maximum absolute atomic E-state index is 13.0. The third kappa shape index (κ3) is 2.88. The third-order valence-electron chi connectivity index (χ3n) is 5.15. The predicted octanol–water partition coefficient (Wildman–Crippen LogP) is 1.49. The summed E-state index contributed by atoms with van der Waals surface area (Å²) in [4.78, 5) is 36.9. The standard InChI is InChI=1S/C19H20N4O2/c24-17(15-12-20-14-21-13-15)22-8-10-23(11-9-22)18(25)19(6-7-19)16-4-2-1-3-5-16/h1-5,12-14H,6-11H2. The van der Waals surface area contributed by atoms with Crippen LogP contribution in [-0.4, -0.2) is 57.8 Å². The molecule has 2 heterocycles. The maximum atomic E-state index is 13.0. The van der Waals surface area contributed by atoms with Crippen LogP contribution in [0, 0.1) is 0 Å². The Hall–Kier alpha value is -2.76. The van der Waals surface area contributed by atoms with E-state index in [4.69, 9.17) is 0 Å². The molecule has 0 atom stereocenters. The lowest BCUT2D eigenvalue weighted by atomic mass is 9.94. The summed E-state index contributed by atoms with van der Waals surface area (Å²) in [5, 5.41) is 0. The first kappa shape index (κ1) is 15.7. The van der Waals surface area contributed by atoms with E-state index in [1.165, 1.54) is 18.7 Å². The molecule has 1 aliphatic carbocycles. The molecule has 1 aromatic carbocycles. The lowest BCUT2D eigenvalue weighted by molar-refractivity contribution is -0.135. The highest BCUT2D eigenvalue weighted by Gasteiger charge is 2.53. The van der Waals surface area contributed by atoms with Crippen molar-refractivity contribution >= 4 is 11.8 Å². The van der Waals surface area contributed by atoms with E-state index in [0.717, 1.165) is 18.4 Å². The number of nitrogens with zero attached hydrogens (tertiary/aromatic N) is 4. The summed E-state index contributed by atoms with van der Waals surface area (Å²) in [7, 11) is 0. The number of carbonyl (C=O) groups is 2. The van der Waals surface area contributed by atoms with Crippen molar-refractivity contribution in [3.63, 3.8) is 0 Å². The number of rotatable bonds is 3. The molecule has 1 saturated heterocycles. The van der Waals surface area contributed by atoms with Crippen LogP contribution in [-0.2, 0) is 10.2 Å². The van der Waals surface area contributed by atoms with Crippen LogP contribution in [0.1, 0.15) is 28.8 Å². The lowest BCUT2D eigenvalue weighted by Crippen LogP contribution is -2.53. The lowest BCUT2D eigenvalue weighted by Gasteiger charge is -2.36. The van der Waals surface area contributed by atoms with E-state index in [9.17, 15) is 9.59 Å². The quantitative estimate of drug-likeness (QED) is 0.852. The summed E-state index contributed by atoms with van der Waals surface area (Å²) in [5.41, 5.74) is 1.27. The molecule has 0 spiro atoms. The largest absolute Gasteiger partial charge is 0.338 e. The monoisotopic (exact) mass is 336 g/mol. The zero-order valence-corrected chi connectivity index (χ0v) is 14.0. The molecule has 0 radical (unpaired) electrons. The summed E-state index contributed by atoms with van der Waals surface area (Å²) >= 11 is 0. The van der Waals surface area contributed by atoms with Gasteiger partial charge in [-0.1, -0.05) is 30.3 Å². The Balaban J connectivity index is 1.41. The molecule has 1 aromatic heterocycles. The smallest absolute Gasteiger partial charge is 0.257 e. The van der Waals surface area contributed by atoms with Gasteiger partial charge < -0.3 is 9.80 Å². The van der Waals surface area contributed by atoms with E-state index >= 15 is 0 Å². The van der Waals surface area contributed by atoms with Crippen molar-refractivity contribution in [2.45, 2.75) is 18.3 Å². The Morgan fingerprint density at radius 1 is 0.880 bits per heavy atom. The van der Waals surface area contributed by atoms with Crippen molar-refractivity contribution in [1.82, 2.24) is 19.8 Å². The number of amides is 2. The zero-order chi connectivity index (χ0) is 17.3. The Bertz CT molecular complexity index is 767. The number of aromatic nitrogens is 2. The fraction of sp³-hybridized carbons (Fsp3) is 0.368. The van der Waals surface area contributed by atoms with Gasteiger partial charge in [-0.05, 0) is 18.4 Å². The first-order valence-corrected chi connectivity index (χ1v) is 8.60. The molecule has 0 unspecified atom stereocenters. The van der Waals surface area contributed by atoms with Gasteiger partial charge in [0.2, 0.25) is 5.91 Å². The summed E-state index contributed by atoms with van der Waals surface area (Å²) in [6.45, 7) is 2.24. The van der Waals surface area contributed by atoms with Gasteiger partial charge in [-0.3, -0.25) is 9.59 Å². The fourth-order valence-electron chi connectivity index (χ4n) is 3.52. The van der Waals surface area contributed by atoms with Crippen LogP contribution in [0.3, 0.4) is 0 Å². The average Bonchev–Trinajstić information content (AvgIpc) is 3.50. The minimum Gasteiger partial charge on any atom is -0.338 e. The van der Waals surface area contributed by atoms with Gasteiger partial charge in [0.1, 0.15) is 6.33 Å². The van der Waals surface area contributed by atoms with Gasteiger partial charge in [0, 0.05) is 38.6 Å². The number of benzene rings is 1. The van der Waals surface area contributed by atoms with E-state index < -0.39 is 0 Å². The SMILES string of the molecule is O=C(c1cncnc1)N1CCN(C(=O)C2(c3ccccc3)CC2)CC1. The van der Waals surface area contributed by atoms with Crippen molar-refractivity contribution < 1.29 is 9.59 Å². The van der Waals surface area contributed by atoms with Crippen molar-refractivity contribution in [2.24, 2.45) is 0 Å². The van der Waals surface area contributed by atoms with Crippen LogP contribution in [0.25, 0.3) is 0 Å². The molecule has 6 nitrogen and oxygen atoms in total. The van der Waals surface area contributed by atoms with Gasteiger partial charge in [0.25, 0.3) is 5.91 Å². The third-order valence-corrected chi connectivity index (χ3v) is 5.15. The van der Waals surface area contributed by atoms with Gasteiger partial charge in [-0.15, -0.1) is 0 Å². The number of hydrogen-bond donors (Lipinski definition) is 0. The topological polar surface area (TPSA) is 66.4 Å². The van der Waals surface area contributed by atoms with E-state index in [1.54, 1.807) is 4.90 Å². The van der Waals surface area contributed by atoms with Gasteiger partial charge in [0.15, 0.2) is 0 Å². The van der Waals surface area contributed by atoms with Crippen LogP contribution in [0.4, 0.5) is 0 Å². The van der Waals surface area contributed by atoms with Crippen LogP contribution in [0.2, 0.25) is 0 Å². The average molecular weight is 336 g/mol. The molecule has 2 amide bonds. The first-order chi connectivity index (χ1) is 12.2.